The number of ether oxygens (including phenoxy) is 1. The Labute approximate surface area is 68.8 Å². The molecular formula is C8H17N2O+. The smallest absolute Gasteiger partial charge is 0.183 e. The molecule has 1 aliphatic rings. The van der Waals surface area contributed by atoms with Crippen molar-refractivity contribution in [1.29, 1.82) is 5.26 Å². The maximum absolute atomic E-state index is 8.34. The average Bonchev–Trinajstić information content (AvgIpc) is 2.33. The first-order chi connectivity index (χ1) is 4.77. The minimum absolute atomic E-state index is 0. The summed E-state index contributed by atoms with van der Waals surface area (Å²) in [4.78, 5) is 0. The molecule has 0 aromatic heterocycles. The molecule has 1 unspecified atom stereocenters. The van der Waals surface area contributed by atoms with E-state index >= 15 is 0 Å². The summed E-state index contributed by atoms with van der Waals surface area (Å²) in [7, 11) is 2.13. The fraction of sp³-hybridized carbons (Fsp3) is 0.875. The van der Waals surface area contributed by atoms with Crippen LogP contribution in [-0.2, 0) is 4.74 Å². The van der Waals surface area contributed by atoms with Crippen molar-refractivity contribution >= 4 is 0 Å². The summed E-state index contributed by atoms with van der Waals surface area (Å²) in [6, 6.07) is 2.15. The van der Waals surface area contributed by atoms with E-state index in [-0.39, 0.29) is 7.43 Å². The Bertz CT molecular complexity index is 145. The third kappa shape index (κ3) is 2.87. The van der Waals surface area contributed by atoms with Crippen molar-refractivity contribution in [3.8, 4) is 6.07 Å². The lowest BCUT2D eigenvalue weighted by Crippen LogP contribution is -2.41. The van der Waals surface area contributed by atoms with Crippen LogP contribution < -0.4 is 0 Å². The van der Waals surface area contributed by atoms with Gasteiger partial charge in [-0.05, 0) is 0 Å². The van der Waals surface area contributed by atoms with E-state index in [0.29, 0.717) is 6.42 Å². The molecule has 1 aliphatic heterocycles. The van der Waals surface area contributed by atoms with Crippen LogP contribution in [0.5, 0.6) is 0 Å². The quantitative estimate of drug-likeness (QED) is 0.559. The monoisotopic (exact) mass is 157 g/mol. The van der Waals surface area contributed by atoms with Crippen LogP contribution in [0.25, 0.3) is 0 Å². The number of likely N-dealkylation sites (N-methyl/N-ethyl adjacent to an activating group) is 1. The highest BCUT2D eigenvalue weighted by molar-refractivity contribution is 4.67. The van der Waals surface area contributed by atoms with Crippen molar-refractivity contribution < 1.29 is 9.22 Å². The predicted octanol–water partition coefficient (Wildman–Crippen LogP) is 0.970. The summed E-state index contributed by atoms with van der Waals surface area (Å²) in [6.07, 6.45) is 0.639. The average molecular weight is 157 g/mol. The van der Waals surface area contributed by atoms with Crippen molar-refractivity contribution in [3.63, 3.8) is 0 Å². The third-order valence-electron chi connectivity index (χ3n) is 1.94. The first-order valence-electron chi connectivity index (χ1n) is 3.55. The molecule has 0 radical (unpaired) electrons. The van der Waals surface area contributed by atoms with Crippen LogP contribution >= 0.6 is 0 Å². The Morgan fingerprint density at radius 1 is 1.64 bits per heavy atom. The van der Waals surface area contributed by atoms with E-state index in [2.05, 4.69) is 13.1 Å². The lowest BCUT2D eigenvalue weighted by Gasteiger charge is -2.25. The second-order valence-electron chi connectivity index (χ2n) is 3.01. The largest absolute Gasteiger partial charge is 0.326 e. The summed E-state index contributed by atoms with van der Waals surface area (Å²) < 4.78 is 6.13. The normalized spacial score (nSPS) is 29.1. The fourth-order valence-corrected chi connectivity index (χ4v) is 1.13. The predicted molar refractivity (Wildman–Crippen MR) is 43.7 cm³/mol. The van der Waals surface area contributed by atoms with Gasteiger partial charge in [-0.2, -0.15) is 5.26 Å². The molecule has 1 rings (SSSR count). The molecular weight excluding hydrogens is 140 g/mol. The second kappa shape index (κ2) is 4.32. The zero-order valence-corrected chi connectivity index (χ0v) is 6.34. The molecule has 0 aliphatic carbocycles. The fourth-order valence-electron chi connectivity index (χ4n) is 1.13. The lowest BCUT2D eigenvalue weighted by molar-refractivity contribution is -0.906. The van der Waals surface area contributed by atoms with Gasteiger partial charge in [0.15, 0.2) is 6.73 Å². The van der Waals surface area contributed by atoms with E-state index in [1.165, 1.54) is 0 Å². The summed E-state index contributed by atoms with van der Waals surface area (Å²) >= 11 is 0. The molecule has 64 valence electrons. The SMILES string of the molecule is C.C[N+]1(CCC#N)CCOC1. The second-order valence-corrected chi connectivity index (χ2v) is 3.01. The molecule has 3 heteroatoms. The van der Waals surface area contributed by atoms with Crippen molar-refractivity contribution in [2.24, 2.45) is 0 Å². The number of hydrogen-bond acceptors (Lipinski definition) is 2. The van der Waals surface area contributed by atoms with Crippen molar-refractivity contribution in [3.05, 3.63) is 0 Å². The molecule has 1 atom stereocenters. The van der Waals surface area contributed by atoms with Crippen LogP contribution in [-0.4, -0.2) is 38.0 Å². The van der Waals surface area contributed by atoms with Gasteiger partial charge in [-0.3, -0.25) is 0 Å². The lowest BCUT2D eigenvalue weighted by atomic mass is 10.4. The Balaban J connectivity index is 0.000001000. The van der Waals surface area contributed by atoms with Gasteiger partial charge in [0.2, 0.25) is 0 Å². The van der Waals surface area contributed by atoms with Gasteiger partial charge in [0, 0.05) is 0 Å². The molecule has 0 aromatic rings. The van der Waals surface area contributed by atoms with Crippen LogP contribution in [0.1, 0.15) is 13.8 Å². The van der Waals surface area contributed by atoms with Crippen LogP contribution in [0.4, 0.5) is 0 Å². The maximum atomic E-state index is 8.34. The van der Waals surface area contributed by atoms with Crippen LogP contribution in [0, 0.1) is 11.3 Å². The highest BCUT2D eigenvalue weighted by Crippen LogP contribution is 2.09. The van der Waals surface area contributed by atoms with E-state index in [1.807, 2.05) is 0 Å². The number of quaternary nitrogens is 1. The van der Waals surface area contributed by atoms with Gasteiger partial charge in [0.1, 0.15) is 13.2 Å². The van der Waals surface area contributed by atoms with E-state index < -0.39 is 0 Å². The van der Waals surface area contributed by atoms with Crippen LogP contribution in [0.2, 0.25) is 0 Å². The van der Waals surface area contributed by atoms with E-state index in [4.69, 9.17) is 10.00 Å². The molecule has 0 saturated carbocycles. The number of rotatable bonds is 2. The third-order valence-corrected chi connectivity index (χ3v) is 1.94. The Morgan fingerprint density at radius 3 is 2.82 bits per heavy atom. The van der Waals surface area contributed by atoms with Gasteiger partial charge in [0.25, 0.3) is 0 Å². The zero-order valence-electron chi connectivity index (χ0n) is 6.34. The topological polar surface area (TPSA) is 33.0 Å². The zero-order chi connectivity index (χ0) is 7.45. The van der Waals surface area contributed by atoms with Crippen LogP contribution in [0.3, 0.4) is 0 Å². The Morgan fingerprint density at radius 2 is 2.36 bits per heavy atom. The molecule has 0 N–H and O–H groups in total. The van der Waals surface area contributed by atoms with E-state index in [1.54, 1.807) is 0 Å². The molecule has 0 amide bonds. The molecule has 11 heavy (non-hydrogen) atoms. The van der Waals surface area contributed by atoms with Crippen molar-refractivity contribution in [2.75, 3.05) is 33.5 Å². The van der Waals surface area contributed by atoms with Crippen molar-refractivity contribution in [1.82, 2.24) is 0 Å². The summed E-state index contributed by atoms with van der Waals surface area (Å²) in [5, 5.41) is 8.34. The molecule has 0 aromatic carbocycles. The van der Waals surface area contributed by atoms with Crippen LogP contribution in [0.15, 0.2) is 0 Å². The Kier molecular flexibility index (Phi) is 4.09. The first-order valence-corrected chi connectivity index (χ1v) is 3.55. The number of nitrogens with zero attached hydrogens (tertiary/aromatic N) is 2. The van der Waals surface area contributed by atoms with Crippen molar-refractivity contribution in [2.45, 2.75) is 13.8 Å². The first kappa shape index (κ1) is 10.4. The van der Waals surface area contributed by atoms with Gasteiger partial charge in [0.05, 0.1) is 26.1 Å². The van der Waals surface area contributed by atoms with Gasteiger partial charge in [-0.15, -0.1) is 0 Å². The van der Waals surface area contributed by atoms with Gasteiger partial charge in [-0.25, -0.2) is 0 Å². The highest BCUT2D eigenvalue weighted by atomic mass is 16.5. The minimum atomic E-state index is 0. The molecule has 1 heterocycles. The molecule has 0 spiro atoms. The summed E-state index contributed by atoms with van der Waals surface area (Å²) in [5.41, 5.74) is 0. The van der Waals surface area contributed by atoms with E-state index in [0.717, 1.165) is 30.9 Å². The standard InChI is InChI=1S/C7H13N2O.CH4/c1-9(4-2-3-8)5-6-10-7-9;/h2,4-7H2,1H3;1H4/q+1;. The maximum Gasteiger partial charge on any atom is 0.183 e. The molecule has 1 fully saturated rings. The number of nitriles is 1. The number of hydrogen-bond donors (Lipinski definition) is 0. The molecule has 0 bridgehead atoms. The molecule has 1 saturated heterocycles. The molecule has 3 nitrogen and oxygen atoms in total. The minimum Gasteiger partial charge on any atom is -0.326 e. The highest BCUT2D eigenvalue weighted by Gasteiger charge is 2.26. The Hall–Kier alpha value is -0.590. The van der Waals surface area contributed by atoms with E-state index in [9.17, 15) is 0 Å². The van der Waals surface area contributed by atoms with Gasteiger partial charge in [-0.1, -0.05) is 7.43 Å². The van der Waals surface area contributed by atoms with Gasteiger partial charge < -0.3 is 9.22 Å². The summed E-state index contributed by atoms with van der Waals surface area (Å²) in [5.74, 6) is 0. The summed E-state index contributed by atoms with van der Waals surface area (Å²) in [6.45, 7) is 3.61. The van der Waals surface area contributed by atoms with Gasteiger partial charge >= 0.3 is 0 Å².